The molecule has 0 rings (SSSR count). The molecule has 0 saturated carbocycles. The number of hydrogen-bond donors (Lipinski definition) is 0. The van der Waals surface area contributed by atoms with Gasteiger partial charge in [-0.25, -0.2) is 0 Å². The molecule has 0 aliphatic heterocycles. The fourth-order valence-corrected chi connectivity index (χ4v) is 0. The van der Waals surface area contributed by atoms with E-state index >= 15 is 0 Å². The summed E-state index contributed by atoms with van der Waals surface area (Å²) >= 11 is 0. The van der Waals surface area contributed by atoms with E-state index in [-0.39, 0.29) is 88.9 Å². The Morgan fingerprint density at radius 2 is 0.500 bits per heavy atom. The fourth-order valence-electron chi connectivity index (χ4n) is 0. The second-order valence-corrected chi connectivity index (χ2v) is 0. The largest absolute Gasteiger partial charge is 0.147 e. The van der Waals surface area contributed by atoms with E-state index in [0.29, 0.717) is 0 Å². The van der Waals surface area contributed by atoms with E-state index in [1.807, 2.05) is 0 Å². The average molecular weight is 259 g/mol. The molecule has 0 aliphatic carbocycles. The molecule has 0 unspecified atom stereocenters. The van der Waals surface area contributed by atoms with Crippen LogP contribution in [-0.2, 0) is 20.4 Å². The van der Waals surface area contributed by atoms with E-state index in [0.717, 1.165) is 0 Å². The predicted octanol–water partition coefficient (Wildman–Crippen LogP) is 1.30. The molecule has 0 atom stereocenters. The molecule has 43 valence electrons. The number of halogens is 4. The molecule has 0 aromatic rings. The van der Waals surface area contributed by atoms with Crippen LogP contribution in [0.5, 0.6) is 0 Å². The first kappa shape index (κ1) is 79.2. The minimum Gasteiger partial charge on any atom is -0.147 e. The van der Waals surface area contributed by atoms with Crippen LogP contribution >= 0.6 is 49.6 Å². The molecule has 6 heavy (non-hydrogen) atoms. The molecule has 0 spiro atoms. The van der Waals surface area contributed by atoms with Gasteiger partial charge in [0.2, 0.25) is 0 Å². The summed E-state index contributed by atoms with van der Waals surface area (Å²) in [6, 6.07) is 0. The van der Waals surface area contributed by atoms with Gasteiger partial charge in [0, 0.05) is 39.3 Å². The van der Waals surface area contributed by atoms with Crippen molar-refractivity contribution >= 4 is 68.5 Å². The molecule has 0 aromatic carbocycles. The maximum absolute atomic E-state index is 0. The first-order valence-corrected chi connectivity index (χ1v) is 0. The third-order valence-corrected chi connectivity index (χ3v) is 0. The van der Waals surface area contributed by atoms with E-state index in [2.05, 4.69) is 0 Å². The first-order valence-electron chi connectivity index (χ1n) is 0. The number of hydrogen-bond acceptors (Lipinski definition) is 0. The van der Waals surface area contributed by atoms with E-state index in [1.165, 1.54) is 0 Å². The van der Waals surface area contributed by atoms with Crippen LogP contribution in [0.25, 0.3) is 0 Å². The Balaban J connectivity index is 0. The normalized spacial score (nSPS) is 0. The molecule has 0 fully saturated rings. The van der Waals surface area contributed by atoms with Crippen molar-refractivity contribution in [3.8, 4) is 0 Å². The molecular weight excluding hydrogens is 255 g/mol. The van der Waals surface area contributed by atoms with Gasteiger partial charge >= 0.3 is 0 Å². The second kappa shape index (κ2) is 52.2. The summed E-state index contributed by atoms with van der Waals surface area (Å²) in [6.45, 7) is 0. The van der Waals surface area contributed by atoms with Crippen LogP contribution in [0.3, 0.4) is 0 Å². The van der Waals surface area contributed by atoms with Crippen molar-refractivity contribution < 1.29 is 20.4 Å². The van der Waals surface area contributed by atoms with Crippen molar-refractivity contribution in [3.63, 3.8) is 0 Å². The summed E-state index contributed by atoms with van der Waals surface area (Å²) < 4.78 is 0. The van der Waals surface area contributed by atoms with Crippen molar-refractivity contribution in [2.24, 2.45) is 0 Å². The zero-order chi connectivity index (χ0) is 0. The van der Waals surface area contributed by atoms with Crippen molar-refractivity contribution in [1.29, 1.82) is 0 Å². The number of rotatable bonds is 0. The summed E-state index contributed by atoms with van der Waals surface area (Å²) in [5.41, 5.74) is 0. The minimum absolute atomic E-state index is 0. The molecule has 0 aliphatic rings. The van der Waals surface area contributed by atoms with Crippen molar-refractivity contribution in [1.82, 2.24) is 0 Å². The molecule has 0 N–H and O–H groups in total. The summed E-state index contributed by atoms with van der Waals surface area (Å²) in [5.74, 6) is 0. The third kappa shape index (κ3) is 32.2. The van der Waals surface area contributed by atoms with Gasteiger partial charge in [-0.3, -0.25) is 0 Å². The van der Waals surface area contributed by atoms with Gasteiger partial charge in [0.1, 0.15) is 0 Å². The van der Waals surface area contributed by atoms with Gasteiger partial charge in [-0.15, -0.1) is 49.6 Å². The van der Waals surface area contributed by atoms with E-state index in [4.69, 9.17) is 0 Å². The Hall–Kier alpha value is 2.42. The Morgan fingerprint density at radius 1 is 0.500 bits per heavy atom. The zero-order valence-electron chi connectivity index (χ0n) is 2.95. The van der Waals surface area contributed by atoms with Gasteiger partial charge in [0.05, 0.1) is 0 Å². The van der Waals surface area contributed by atoms with E-state index in [1.54, 1.807) is 0 Å². The summed E-state index contributed by atoms with van der Waals surface area (Å²) in [5, 5.41) is 0. The average Bonchev–Trinajstić information content (AvgIpc) is 0. The monoisotopic (exact) mass is 257 g/mol. The van der Waals surface area contributed by atoms with Crippen LogP contribution in [0.1, 0.15) is 0 Å². The van der Waals surface area contributed by atoms with Crippen molar-refractivity contribution in [3.05, 3.63) is 0 Å². The SMILES string of the molecule is Cl.Cl.Cl.Cl.[Li].[Pd]. The van der Waals surface area contributed by atoms with Crippen LogP contribution < -0.4 is 0 Å². The smallest absolute Gasteiger partial charge is 0 e. The van der Waals surface area contributed by atoms with Gasteiger partial charge in [-0.2, -0.15) is 0 Å². The maximum atomic E-state index is 0. The Morgan fingerprint density at radius 3 is 0.500 bits per heavy atom. The summed E-state index contributed by atoms with van der Waals surface area (Å²) in [7, 11) is 0. The van der Waals surface area contributed by atoms with Crippen LogP contribution in [0.4, 0.5) is 0 Å². The van der Waals surface area contributed by atoms with Gasteiger partial charge in [-0.05, 0) is 0 Å². The molecular formula is H4Cl4LiPd. The third-order valence-electron chi connectivity index (χ3n) is 0. The van der Waals surface area contributed by atoms with E-state index < -0.39 is 0 Å². The molecule has 1 radical (unpaired) electrons. The van der Waals surface area contributed by atoms with Crippen molar-refractivity contribution in [2.75, 3.05) is 0 Å². The molecule has 6 heteroatoms. The van der Waals surface area contributed by atoms with Crippen molar-refractivity contribution in [2.45, 2.75) is 0 Å². The molecule has 0 saturated heterocycles. The standard InChI is InChI=1S/4ClH.Li.Pd/h4*1H;;. The summed E-state index contributed by atoms with van der Waals surface area (Å²) in [6.07, 6.45) is 0. The van der Waals surface area contributed by atoms with E-state index in [9.17, 15) is 0 Å². The topological polar surface area (TPSA) is 0 Å². The van der Waals surface area contributed by atoms with Gasteiger partial charge < -0.3 is 0 Å². The maximum Gasteiger partial charge on any atom is 0 e. The Kier molecular flexibility index (Phi) is 689. The molecule has 0 nitrogen and oxygen atoms in total. The Bertz CT molecular complexity index is 7.51. The van der Waals surface area contributed by atoms with Crippen LogP contribution in [0.2, 0.25) is 0 Å². The second-order valence-electron chi connectivity index (χ2n) is 0. The molecule has 0 bridgehead atoms. The van der Waals surface area contributed by atoms with Crippen LogP contribution in [-0.4, -0.2) is 18.9 Å². The summed E-state index contributed by atoms with van der Waals surface area (Å²) in [4.78, 5) is 0. The molecule has 0 heterocycles. The van der Waals surface area contributed by atoms with Gasteiger partial charge in [-0.1, -0.05) is 0 Å². The van der Waals surface area contributed by atoms with Gasteiger partial charge in [0.15, 0.2) is 0 Å². The molecule has 0 aromatic heterocycles. The zero-order valence-corrected chi connectivity index (χ0v) is 7.77. The Labute approximate surface area is 88.1 Å². The quantitative estimate of drug-likeness (QED) is 0.575. The fraction of sp³-hybridized carbons (Fsp3) is 0. The minimum atomic E-state index is 0. The predicted molar refractivity (Wildman–Crippen MR) is 34.7 cm³/mol. The molecule has 0 amide bonds. The van der Waals surface area contributed by atoms with Crippen LogP contribution in [0, 0.1) is 0 Å². The van der Waals surface area contributed by atoms with Crippen LogP contribution in [0.15, 0.2) is 0 Å². The first-order chi connectivity index (χ1) is 0. The van der Waals surface area contributed by atoms with Gasteiger partial charge in [0.25, 0.3) is 0 Å².